The molecule has 0 radical (unpaired) electrons. The second-order valence-corrected chi connectivity index (χ2v) is 7.17. The van der Waals surface area contributed by atoms with Crippen molar-refractivity contribution in [1.82, 2.24) is 0 Å². The summed E-state index contributed by atoms with van der Waals surface area (Å²) in [6.45, 7) is 8.06. The van der Waals surface area contributed by atoms with Gasteiger partial charge in [-0.05, 0) is 24.8 Å². The lowest BCUT2D eigenvalue weighted by Gasteiger charge is -2.28. The van der Waals surface area contributed by atoms with Crippen LogP contribution in [0.25, 0.3) is 0 Å². The monoisotopic (exact) mass is 356 g/mol. The average Bonchev–Trinajstić information content (AvgIpc) is 2.39. The summed E-state index contributed by atoms with van der Waals surface area (Å²) in [6, 6.07) is 0. The third-order valence-corrected chi connectivity index (χ3v) is 3.43. The molecule has 142 valence electrons. The second-order valence-electron chi connectivity index (χ2n) is 7.17. The molecule has 0 aromatic carbocycles. The van der Waals surface area contributed by atoms with E-state index in [1.165, 1.54) is 0 Å². The van der Waals surface area contributed by atoms with E-state index in [0.29, 0.717) is 41.4 Å². The lowest BCUT2D eigenvalue weighted by Crippen LogP contribution is -2.43. The van der Waals surface area contributed by atoms with Crippen molar-refractivity contribution in [3.05, 3.63) is 24.3 Å². The summed E-state index contributed by atoms with van der Waals surface area (Å²) < 4.78 is 5.77. The van der Waals surface area contributed by atoms with E-state index >= 15 is 0 Å². The predicted molar refractivity (Wildman–Crippen MR) is 94.0 cm³/mol. The van der Waals surface area contributed by atoms with E-state index in [0.717, 1.165) is 0 Å². The highest BCUT2D eigenvalue weighted by molar-refractivity contribution is 5.74. The first-order valence-corrected chi connectivity index (χ1v) is 8.20. The van der Waals surface area contributed by atoms with Crippen molar-refractivity contribution in [3.8, 4) is 0 Å². The molecule has 0 heterocycles. The highest BCUT2D eigenvalue weighted by Crippen LogP contribution is 2.18. The van der Waals surface area contributed by atoms with Gasteiger partial charge in [0.05, 0.1) is 34.0 Å². The summed E-state index contributed by atoms with van der Waals surface area (Å²) in [6.07, 6.45) is 0.857. The number of esters is 1. The first-order valence-electron chi connectivity index (χ1n) is 8.20. The van der Waals surface area contributed by atoms with E-state index in [-0.39, 0.29) is 19.3 Å². The molecule has 0 fully saturated rings. The maximum Gasteiger partial charge on any atom is 0.310 e. The van der Waals surface area contributed by atoms with Crippen molar-refractivity contribution in [2.24, 2.45) is 0 Å². The Bertz CT molecular complexity index is 518. The van der Waals surface area contributed by atoms with Crippen molar-refractivity contribution in [1.29, 1.82) is 0 Å². The molecule has 2 N–H and O–H groups in total. The highest BCUT2D eigenvalue weighted by atomic mass is 16.5. The molecule has 0 bridgehead atoms. The number of nitrogens with zero attached hydrogens (tertiary/aromatic N) is 1. The van der Waals surface area contributed by atoms with Crippen LogP contribution in [0.3, 0.4) is 0 Å². The zero-order chi connectivity index (χ0) is 19.6. The van der Waals surface area contributed by atoms with Gasteiger partial charge >= 0.3 is 17.9 Å². The number of quaternary nitrogens is 1. The lowest BCUT2D eigenvalue weighted by atomic mass is 10.00. The standard InChI is InChI=1S/C18H29NO6/c1-13(8-6-7-9-16(20)21)14(2)10-18(24)25-15(11-17(22)23)12-19(3,4)5/h15H,1-2,6-12H2,3-5H3,(H-,20,21,22,23)/p+1. The summed E-state index contributed by atoms with van der Waals surface area (Å²) in [7, 11) is 5.67. The fraction of sp³-hybridized carbons (Fsp3) is 0.611. The highest BCUT2D eigenvalue weighted by Gasteiger charge is 2.25. The molecule has 0 saturated heterocycles. The molecule has 1 unspecified atom stereocenters. The molecule has 1 atom stereocenters. The van der Waals surface area contributed by atoms with Crippen LogP contribution in [0.4, 0.5) is 0 Å². The Balaban J connectivity index is 4.42. The number of likely N-dealkylation sites (N-methyl/N-ethyl adjacent to an activating group) is 1. The van der Waals surface area contributed by atoms with Crippen LogP contribution < -0.4 is 0 Å². The quantitative estimate of drug-likeness (QED) is 0.227. The minimum Gasteiger partial charge on any atom is -0.481 e. The van der Waals surface area contributed by atoms with Gasteiger partial charge in [-0.1, -0.05) is 18.7 Å². The molecule has 0 aromatic rings. The van der Waals surface area contributed by atoms with Gasteiger partial charge in [-0.3, -0.25) is 14.4 Å². The molecular weight excluding hydrogens is 326 g/mol. The number of aliphatic carboxylic acids is 2. The molecule has 25 heavy (non-hydrogen) atoms. The molecule has 7 nitrogen and oxygen atoms in total. The SMILES string of the molecule is C=C(CCCCC(=O)O)C(=C)CC(=O)OC(CC(=O)O)C[N+](C)(C)C. The molecule has 0 aliphatic heterocycles. The molecule has 0 aliphatic carbocycles. The van der Waals surface area contributed by atoms with E-state index < -0.39 is 24.0 Å². The summed E-state index contributed by atoms with van der Waals surface area (Å²) in [5, 5.41) is 17.5. The van der Waals surface area contributed by atoms with E-state index in [4.69, 9.17) is 14.9 Å². The van der Waals surface area contributed by atoms with Crippen LogP contribution in [0, 0.1) is 0 Å². The van der Waals surface area contributed by atoms with Crippen LogP contribution in [0.2, 0.25) is 0 Å². The Kier molecular flexibility index (Phi) is 9.74. The van der Waals surface area contributed by atoms with Crippen molar-refractivity contribution in [3.63, 3.8) is 0 Å². The smallest absolute Gasteiger partial charge is 0.310 e. The van der Waals surface area contributed by atoms with Crippen LogP contribution in [-0.4, -0.2) is 66.4 Å². The summed E-state index contributed by atoms with van der Waals surface area (Å²) in [5.41, 5.74) is 1.21. The van der Waals surface area contributed by atoms with Gasteiger partial charge in [0.2, 0.25) is 0 Å². The van der Waals surface area contributed by atoms with Gasteiger partial charge in [0.1, 0.15) is 6.54 Å². The third kappa shape index (κ3) is 12.9. The van der Waals surface area contributed by atoms with Crippen LogP contribution in [0.1, 0.15) is 38.5 Å². The summed E-state index contributed by atoms with van der Waals surface area (Å²) in [5.74, 6) is -2.39. The molecule has 0 spiro atoms. The molecule has 0 amide bonds. The number of hydrogen-bond acceptors (Lipinski definition) is 4. The molecule has 0 rings (SSSR count). The Morgan fingerprint density at radius 3 is 2.00 bits per heavy atom. The van der Waals surface area contributed by atoms with Crippen LogP contribution in [0.5, 0.6) is 0 Å². The topological polar surface area (TPSA) is 101 Å². The minimum absolute atomic E-state index is 0.0506. The number of carbonyl (C=O) groups excluding carboxylic acids is 1. The van der Waals surface area contributed by atoms with Gasteiger partial charge < -0.3 is 19.4 Å². The number of carboxylic acid groups (broad SMARTS) is 2. The van der Waals surface area contributed by atoms with Gasteiger partial charge in [0, 0.05) is 6.42 Å². The second kappa shape index (κ2) is 10.7. The number of ether oxygens (including phenoxy) is 1. The van der Waals surface area contributed by atoms with E-state index in [9.17, 15) is 14.4 Å². The Morgan fingerprint density at radius 1 is 0.960 bits per heavy atom. The predicted octanol–water partition coefficient (Wildman–Crippen LogP) is 2.23. The van der Waals surface area contributed by atoms with Crippen LogP contribution in [-0.2, 0) is 19.1 Å². The molecule has 7 heteroatoms. The van der Waals surface area contributed by atoms with E-state index in [2.05, 4.69) is 13.2 Å². The van der Waals surface area contributed by atoms with Gasteiger partial charge in [0.25, 0.3) is 0 Å². The zero-order valence-electron chi connectivity index (χ0n) is 15.4. The number of rotatable bonds is 13. The summed E-state index contributed by atoms with van der Waals surface area (Å²) in [4.78, 5) is 33.4. The number of carbonyl (C=O) groups is 3. The Hall–Kier alpha value is -2.15. The zero-order valence-corrected chi connectivity index (χ0v) is 15.4. The number of carboxylic acids is 2. The van der Waals surface area contributed by atoms with Crippen molar-refractivity contribution < 1.29 is 33.8 Å². The maximum atomic E-state index is 12.1. The average molecular weight is 356 g/mol. The fourth-order valence-corrected chi connectivity index (χ4v) is 2.27. The lowest BCUT2D eigenvalue weighted by molar-refractivity contribution is -0.873. The maximum absolute atomic E-state index is 12.1. The van der Waals surface area contributed by atoms with Crippen molar-refractivity contribution in [2.45, 2.75) is 44.6 Å². The summed E-state index contributed by atoms with van der Waals surface area (Å²) >= 11 is 0. The Morgan fingerprint density at radius 2 is 1.52 bits per heavy atom. The first-order chi connectivity index (χ1) is 11.4. The van der Waals surface area contributed by atoms with E-state index in [1.54, 1.807) is 0 Å². The van der Waals surface area contributed by atoms with Gasteiger partial charge in [0.15, 0.2) is 6.10 Å². The third-order valence-electron chi connectivity index (χ3n) is 3.43. The number of unbranched alkanes of at least 4 members (excludes halogenated alkanes) is 1. The molecular formula is C18H30NO6+. The molecule has 0 saturated carbocycles. The number of allylic oxidation sites excluding steroid dienone is 1. The van der Waals surface area contributed by atoms with Crippen LogP contribution in [0.15, 0.2) is 24.3 Å². The van der Waals surface area contributed by atoms with Crippen molar-refractivity contribution in [2.75, 3.05) is 27.7 Å². The van der Waals surface area contributed by atoms with Gasteiger partial charge in [-0.15, -0.1) is 0 Å². The number of hydrogen-bond donors (Lipinski definition) is 2. The Labute approximate surface area is 149 Å². The minimum atomic E-state index is -1.02. The van der Waals surface area contributed by atoms with Crippen LogP contribution >= 0.6 is 0 Å². The first kappa shape index (κ1) is 22.9. The van der Waals surface area contributed by atoms with Gasteiger partial charge in [-0.2, -0.15) is 0 Å². The molecule has 0 aromatic heterocycles. The van der Waals surface area contributed by atoms with Gasteiger partial charge in [-0.25, -0.2) is 0 Å². The molecule has 0 aliphatic rings. The van der Waals surface area contributed by atoms with E-state index in [1.807, 2.05) is 21.1 Å². The van der Waals surface area contributed by atoms with Crippen molar-refractivity contribution >= 4 is 17.9 Å². The largest absolute Gasteiger partial charge is 0.481 e. The fourth-order valence-electron chi connectivity index (χ4n) is 2.27. The normalized spacial score (nSPS) is 12.3.